The number of imide groups is 1. The Morgan fingerprint density at radius 2 is 1.81 bits per heavy atom. The van der Waals surface area contributed by atoms with Gasteiger partial charge in [-0.2, -0.15) is 0 Å². The van der Waals surface area contributed by atoms with Crippen LogP contribution in [0.25, 0.3) is 0 Å². The number of nitrogens with one attached hydrogen (secondary N) is 1. The third-order valence-corrected chi connectivity index (χ3v) is 5.51. The lowest BCUT2D eigenvalue weighted by Crippen LogP contribution is -2.43. The van der Waals surface area contributed by atoms with Crippen molar-refractivity contribution >= 4 is 17.7 Å². The second-order valence-corrected chi connectivity index (χ2v) is 7.26. The van der Waals surface area contributed by atoms with Gasteiger partial charge in [0.25, 0.3) is 11.8 Å². The number of rotatable bonds is 8. The summed E-state index contributed by atoms with van der Waals surface area (Å²) < 4.78 is 5.29. The van der Waals surface area contributed by atoms with E-state index in [1.165, 1.54) is 4.90 Å². The monoisotopic (exact) mass is 372 g/mol. The highest BCUT2D eigenvalue weighted by molar-refractivity contribution is 6.21. The fraction of sp³-hybridized carbons (Fsp3) is 0.571. The van der Waals surface area contributed by atoms with Crippen LogP contribution in [0.4, 0.5) is 0 Å². The zero-order valence-electron chi connectivity index (χ0n) is 15.9. The third-order valence-electron chi connectivity index (χ3n) is 5.51. The molecule has 1 aliphatic carbocycles. The first-order valence-electron chi connectivity index (χ1n) is 9.94. The predicted octanol–water partition coefficient (Wildman–Crippen LogP) is 2.63. The minimum atomic E-state index is -0.239. The number of amides is 3. The third kappa shape index (κ3) is 4.38. The van der Waals surface area contributed by atoms with Crippen molar-refractivity contribution < 1.29 is 19.1 Å². The average molecular weight is 372 g/mol. The molecule has 3 amide bonds. The van der Waals surface area contributed by atoms with E-state index < -0.39 is 0 Å². The second kappa shape index (κ2) is 9.13. The summed E-state index contributed by atoms with van der Waals surface area (Å²) in [5, 5.41) is 3.00. The molecular weight excluding hydrogens is 344 g/mol. The minimum Gasteiger partial charge on any atom is -0.382 e. The average Bonchev–Trinajstić information content (AvgIpc) is 2.93. The fourth-order valence-corrected chi connectivity index (χ4v) is 4.07. The molecule has 1 aromatic carbocycles. The van der Waals surface area contributed by atoms with Crippen LogP contribution in [0.1, 0.15) is 59.7 Å². The Morgan fingerprint density at radius 1 is 1.15 bits per heavy atom. The van der Waals surface area contributed by atoms with Crippen LogP contribution >= 0.6 is 0 Å². The van der Waals surface area contributed by atoms with Gasteiger partial charge in [-0.15, -0.1) is 0 Å². The van der Waals surface area contributed by atoms with Crippen molar-refractivity contribution in [1.29, 1.82) is 0 Å². The van der Waals surface area contributed by atoms with Gasteiger partial charge in [0.05, 0.1) is 11.1 Å². The summed E-state index contributed by atoms with van der Waals surface area (Å²) in [4.78, 5) is 39.2. The Labute approximate surface area is 160 Å². The lowest BCUT2D eigenvalue weighted by atomic mass is 9.78. The van der Waals surface area contributed by atoms with Gasteiger partial charge in [-0.3, -0.25) is 19.3 Å². The molecular formula is C21H28N2O4. The first-order valence-corrected chi connectivity index (χ1v) is 9.94. The van der Waals surface area contributed by atoms with Gasteiger partial charge in [-0.05, 0) is 44.2 Å². The molecule has 2 unspecified atom stereocenters. The van der Waals surface area contributed by atoms with Gasteiger partial charge >= 0.3 is 0 Å². The molecule has 1 saturated carbocycles. The number of carbonyl (C=O) groups excluding carboxylic acids is 3. The number of nitrogens with zero attached hydrogens (tertiary/aromatic N) is 1. The number of ether oxygens (including phenoxy) is 1. The van der Waals surface area contributed by atoms with Gasteiger partial charge < -0.3 is 10.1 Å². The first-order chi connectivity index (χ1) is 13.1. The summed E-state index contributed by atoms with van der Waals surface area (Å²) >= 11 is 0. The smallest absolute Gasteiger partial charge is 0.261 e. The van der Waals surface area contributed by atoms with Crippen LogP contribution in [0, 0.1) is 11.8 Å². The Hall–Kier alpha value is -2.21. The van der Waals surface area contributed by atoms with Crippen molar-refractivity contribution in [3.8, 4) is 0 Å². The zero-order chi connectivity index (χ0) is 19.2. The highest BCUT2D eigenvalue weighted by Crippen LogP contribution is 2.33. The van der Waals surface area contributed by atoms with Gasteiger partial charge in [0.1, 0.15) is 0 Å². The number of hydrogen-bond donors (Lipinski definition) is 1. The quantitative estimate of drug-likeness (QED) is 0.562. The molecule has 146 valence electrons. The van der Waals surface area contributed by atoms with Gasteiger partial charge in [0.15, 0.2) is 0 Å². The van der Waals surface area contributed by atoms with Gasteiger partial charge in [-0.25, -0.2) is 0 Å². The maximum atomic E-state index is 12.7. The maximum Gasteiger partial charge on any atom is 0.261 e. The molecule has 1 fully saturated rings. The van der Waals surface area contributed by atoms with E-state index in [0.29, 0.717) is 37.4 Å². The summed E-state index contributed by atoms with van der Waals surface area (Å²) in [6, 6.07) is 6.93. The van der Waals surface area contributed by atoms with Crippen LogP contribution in [-0.2, 0) is 9.53 Å². The molecule has 0 radical (unpaired) electrons. The van der Waals surface area contributed by atoms with E-state index in [1.807, 2.05) is 6.92 Å². The molecule has 1 N–H and O–H groups in total. The van der Waals surface area contributed by atoms with Crippen LogP contribution in [-0.4, -0.2) is 48.9 Å². The van der Waals surface area contributed by atoms with Crippen LogP contribution < -0.4 is 5.32 Å². The molecule has 0 aromatic heterocycles. The summed E-state index contributed by atoms with van der Waals surface area (Å²) in [5.41, 5.74) is 0.936. The van der Waals surface area contributed by atoms with Crippen LogP contribution in [0.3, 0.4) is 0 Å². The van der Waals surface area contributed by atoms with Crippen molar-refractivity contribution in [3.63, 3.8) is 0 Å². The Balaban J connectivity index is 1.60. The highest BCUT2D eigenvalue weighted by Gasteiger charge is 2.39. The molecule has 0 spiro atoms. The largest absolute Gasteiger partial charge is 0.382 e. The van der Waals surface area contributed by atoms with E-state index in [-0.39, 0.29) is 29.6 Å². The normalized spacial score (nSPS) is 22.0. The first kappa shape index (κ1) is 19.5. The predicted molar refractivity (Wildman–Crippen MR) is 101 cm³/mol. The lowest BCUT2D eigenvalue weighted by Gasteiger charge is -2.32. The maximum absolute atomic E-state index is 12.7. The fourth-order valence-electron chi connectivity index (χ4n) is 4.07. The summed E-state index contributed by atoms with van der Waals surface area (Å²) in [6.07, 6.45) is 4.50. The zero-order valence-corrected chi connectivity index (χ0v) is 15.9. The van der Waals surface area contributed by atoms with Crippen molar-refractivity contribution in [2.24, 2.45) is 11.8 Å². The lowest BCUT2D eigenvalue weighted by molar-refractivity contribution is -0.128. The molecule has 2 atom stereocenters. The van der Waals surface area contributed by atoms with Crippen molar-refractivity contribution in [1.82, 2.24) is 10.2 Å². The summed E-state index contributed by atoms with van der Waals surface area (Å²) in [6.45, 7) is 4.18. The van der Waals surface area contributed by atoms with Gasteiger partial charge in [-0.1, -0.05) is 25.0 Å². The molecule has 3 rings (SSSR count). The number of carbonyl (C=O) groups is 3. The summed E-state index contributed by atoms with van der Waals surface area (Å²) in [7, 11) is 0. The Kier molecular flexibility index (Phi) is 6.61. The number of hydrogen-bond acceptors (Lipinski definition) is 4. The molecule has 6 nitrogen and oxygen atoms in total. The number of benzene rings is 1. The molecule has 6 heteroatoms. The van der Waals surface area contributed by atoms with Crippen LogP contribution in [0.5, 0.6) is 0 Å². The second-order valence-electron chi connectivity index (χ2n) is 7.26. The SMILES string of the molecule is CCOCCCNC(=O)C1CCCCC1CN1C(=O)c2ccccc2C1=O. The highest BCUT2D eigenvalue weighted by atomic mass is 16.5. The van der Waals surface area contributed by atoms with E-state index >= 15 is 0 Å². The Morgan fingerprint density at radius 3 is 2.48 bits per heavy atom. The molecule has 1 aromatic rings. The molecule has 2 aliphatic rings. The van der Waals surface area contributed by atoms with Gasteiger partial charge in [0.2, 0.25) is 5.91 Å². The van der Waals surface area contributed by atoms with E-state index in [1.54, 1.807) is 24.3 Å². The van der Waals surface area contributed by atoms with Crippen molar-refractivity contribution in [3.05, 3.63) is 35.4 Å². The van der Waals surface area contributed by atoms with E-state index in [4.69, 9.17) is 4.74 Å². The standard InChI is InChI=1S/C21H28N2O4/c1-2-27-13-7-12-22-19(24)16-9-4-3-8-15(16)14-23-20(25)17-10-5-6-11-18(17)21(23)26/h5-6,10-11,15-16H,2-4,7-9,12-14H2,1H3,(H,22,24). The molecule has 0 bridgehead atoms. The minimum absolute atomic E-state index is 0.0212. The van der Waals surface area contributed by atoms with Crippen molar-refractivity contribution in [2.45, 2.75) is 39.0 Å². The summed E-state index contributed by atoms with van der Waals surface area (Å²) in [5.74, 6) is -0.565. The molecule has 1 heterocycles. The number of fused-ring (bicyclic) bond motifs is 1. The molecule has 27 heavy (non-hydrogen) atoms. The molecule has 0 saturated heterocycles. The van der Waals surface area contributed by atoms with E-state index in [2.05, 4.69) is 5.32 Å². The van der Waals surface area contributed by atoms with Gasteiger partial charge in [0, 0.05) is 32.2 Å². The van der Waals surface area contributed by atoms with Crippen molar-refractivity contribution in [2.75, 3.05) is 26.3 Å². The topological polar surface area (TPSA) is 75.7 Å². The van der Waals surface area contributed by atoms with Crippen LogP contribution in [0.15, 0.2) is 24.3 Å². The Bertz CT molecular complexity index is 668. The van der Waals surface area contributed by atoms with E-state index in [0.717, 1.165) is 32.1 Å². The van der Waals surface area contributed by atoms with E-state index in [9.17, 15) is 14.4 Å². The molecule has 1 aliphatic heterocycles. The van der Waals surface area contributed by atoms with Crippen LogP contribution in [0.2, 0.25) is 0 Å².